The molecule has 4 heterocycles. The van der Waals surface area contributed by atoms with Crippen LogP contribution in [0.1, 0.15) is 22.8 Å². The molecule has 3 aromatic rings. The molecular formula is C19H23N5OS. The van der Waals surface area contributed by atoms with Crippen LogP contribution in [0.15, 0.2) is 27.4 Å². The molecule has 1 aliphatic rings. The number of nitrogens with zero attached hydrogens (tertiary/aromatic N) is 5. The maximum atomic E-state index is 5.86. The summed E-state index contributed by atoms with van der Waals surface area (Å²) in [6.45, 7) is 10.7. The third-order valence-corrected chi connectivity index (χ3v) is 5.44. The first-order valence-electron chi connectivity index (χ1n) is 8.86. The lowest BCUT2D eigenvalue weighted by Crippen LogP contribution is -2.46. The fraction of sp³-hybridized carbons (Fsp3) is 0.421. The Morgan fingerprint density at radius 3 is 2.65 bits per heavy atom. The number of piperazine rings is 1. The molecule has 0 radical (unpaired) electrons. The van der Waals surface area contributed by atoms with Crippen LogP contribution in [0.25, 0.3) is 11.5 Å². The lowest BCUT2D eigenvalue weighted by Gasteiger charge is -2.35. The third-order valence-electron chi connectivity index (χ3n) is 4.76. The normalized spacial score (nSPS) is 15.6. The largest absolute Gasteiger partial charge is 0.441 e. The summed E-state index contributed by atoms with van der Waals surface area (Å²) in [5.74, 6) is 2.65. The SMILES string of the molecule is Cc1cnc(C)c(N2CCN(Cc3nc(-c4ccsc4)oc3C)CC2)n1. The number of aromatic nitrogens is 3. The van der Waals surface area contributed by atoms with Crippen molar-refractivity contribution in [2.75, 3.05) is 31.1 Å². The van der Waals surface area contributed by atoms with E-state index in [0.29, 0.717) is 0 Å². The third kappa shape index (κ3) is 3.50. The van der Waals surface area contributed by atoms with Gasteiger partial charge >= 0.3 is 0 Å². The van der Waals surface area contributed by atoms with Gasteiger partial charge in [-0.05, 0) is 32.2 Å². The molecule has 0 bridgehead atoms. The van der Waals surface area contributed by atoms with Crippen molar-refractivity contribution in [1.29, 1.82) is 0 Å². The van der Waals surface area contributed by atoms with Crippen molar-refractivity contribution in [3.63, 3.8) is 0 Å². The van der Waals surface area contributed by atoms with Gasteiger partial charge in [-0.15, -0.1) is 0 Å². The molecular weight excluding hydrogens is 346 g/mol. The van der Waals surface area contributed by atoms with Gasteiger partial charge in [-0.3, -0.25) is 9.88 Å². The molecule has 7 heteroatoms. The summed E-state index contributed by atoms with van der Waals surface area (Å²) in [5.41, 5.74) is 4.05. The number of anilines is 1. The number of oxazole rings is 1. The van der Waals surface area contributed by atoms with E-state index in [1.54, 1.807) is 11.3 Å². The van der Waals surface area contributed by atoms with Crippen LogP contribution in [0.5, 0.6) is 0 Å². The summed E-state index contributed by atoms with van der Waals surface area (Å²) >= 11 is 1.66. The van der Waals surface area contributed by atoms with Gasteiger partial charge in [0, 0.05) is 49.9 Å². The van der Waals surface area contributed by atoms with Crippen LogP contribution in [-0.4, -0.2) is 46.0 Å². The molecule has 0 atom stereocenters. The van der Waals surface area contributed by atoms with Gasteiger partial charge in [0.1, 0.15) is 11.6 Å². The highest BCUT2D eigenvalue weighted by Gasteiger charge is 2.22. The zero-order chi connectivity index (χ0) is 18.1. The van der Waals surface area contributed by atoms with Gasteiger partial charge in [-0.25, -0.2) is 9.97 Å². The average molecular weight is 369 g/mol. The number of hydrogen-bond acceptors (Lipinski definition) is 7. The van der Waals surface area contributed by atoms with Gasteiger partial charge in [-0.1, -0.05) is 0 Å². The van der Waals surface area contributed by atoms with Crippen molar-refractivity contribution in [2.24, 2.45) is 0 Å². The summed E-state index contributed by atoms with van der Waals surface area (Å²) < 4.78 is 5.86. The summed E-state index contributed by atoms with van der Waals surface area (Å²) in [6.07, 6.45) is 1.83. The van der Waals surface area contributed by atoms with Crippen LogP contribution in [0.2, 0.25) is 0 Å². The van der Waals surface area contributed by atoms with Crippen LogP contribution >= 0.6 is 11.3 Å². The standard InChI is InChI=1S/C19H23N5OS/c1-13-10-20-14(2)18(21-13)24-7-5-23(6-8-24)11-17-15(3)25-19(22-17)16-4-9-26-12-16/h4,9-10,12H,5-8,11H2,1-3H3. The predicted molar refractivity (Wildman–Crippen MR) is 104 cm³/mol. The number of aryl methyl sites for hydroxylation is 3. The number of thiophene rings is 1. The van der Waals surface area contributed by atoms with Crippen LogP contribution in [0.4, 0.5) is 5.82 Å². The molecule has 0 aromatic carbocycles. The zero-order valence-corrected chi connectivity index (χ0v) is 16.2. The predicted octanol–water partition coefficient (Wildman–Crippen LogP) is 3.44. The Bertz CT molecular complexity index is 881. The fourth-order valence-electron chi connectivity index (χ4n) is 3.24. The van der Waals surface area contributed by atoms with Crippen LogP contribution in [0.3, 0.4) is 0 Å². The molecule has 1 aliphatic heterocycles. The Hall–Kier alpha value is -2.25. The molecule has 0 saturated carbocycles. The van der Waals surface area contributed by atoms with Crippen molar-refractivity contribution < 1.29 is 4.42 Å². The van der Waals surface area contributed by atoms with Crippen LogP contribution in [-0.2, 0) is 6.54 Å². The summed E-state index contributed by atoms with van der Waals surface area (Å²) in [4.78, 5) is 18.6. The lowest BCUT2D eigenvalue weighted by molar-refractivity contribution is 0.245. The van der Waals surface area contributed by atoms with E-state index in [9.17, 15) is 0 Å². The molecule has 1 fully saturated rings. The van der Waals surface area contributed by atoms with E-state index in [1.807, 2.05) is 38.4 Å². The number of rotatable bonds is 4. The van der Waals surface area contributed by atoms with Crippen molar-refractivity contribution in [1.82, 2.24) is 19.9 Å². The lowest BCUT2D eigenvalue weighted by atomic mass is 10.2. The Balaban J connectivity index is 1.41. The fourth-order valence-corrected chi connectivity index (χ4v) is 3.87. The second-order valence-corrected chi connectivity index (χ2v) is 7.50. The first-order chi connectivity index (χ1) is 12.6. The summed E-state index contributed by atoms with van der Waals surface area (Å²) in [7, 11) is 0. The molecule has 0 spiro atoms. The smallest absolute Gasteiger partial charge is 0.227 e. The highest BCUT2D eigenvalue weighted by atomic mass is 32.1. The molecule has 3 aromatic heterocycles. The van der Waals surface area contributed by atoms with Gasteiger partial charge in [0.05, 0.1) is 17.1 Å². The average Bonchev–Trinajstić information content (AvgIpc) is 3.28. The first kappa shape index (κ1) is 17.2. The molecule has 0 amide bonds. The van der Waals surface area contributed by atoms with Crippen LogP contribution in [0, 0.1) is 20.8 Å². The van der Waals surface area contributed by atoms with Crippen molar-refractivity contribution in [3.05, 3.63) is 45.9 Å². The molecule has 26 heavy (non-hydrogen) atoms. The minimum atomic E-state index is 0.725. The second-order valence-electron chi connectivity index (χ2n) is 6.72. The van der Waals surface area contributed by atoms with E-state index in [4.69, 9.17) is 9.40 Å². The quantitative estimate of drug-likeness (QED) is 0.702. The van der Waals surface area contributed by atoms with Gasteiger partial charge < -0.3 is 9.32 Å². The highest BCUT2D eigenvalue weighted by Crippen LogP contribution is 2.25. The van der Waals surface area contributed by atoms with E-state index < -0.39 is 0 Å². The van der Waals surface area contributed by atoms with E-state index in [0.717, 1.165) is 72.8 Å². The van der Waals surface area contributed by atoms with E-state index in [1.165, 1.54) is 0 Å². The maximum absolute atomic E-state index is 5.86. The topological polar surface area (TPSA) is 58.3 Å². The molecule has 6 nitrogen and oxygen atoms in total. The molecule has 4 rings (SSSR count). The van der Waals surface area contributed by atoms with Gasteiger partial charge in [-0.2, -0.15) is 11.3 Å². The van der Waals surface area contributed by atoms with Gasteiger partial charge in [0.25, 0.3) is 0 Å². The molecule has 1 saturated heterocycles. The maximum Gasteiger partial charge on any atom is 0.227 e. The zero-order valence-electron chi connectivity index (χ0n) is 15.4. The molecule has 136 valence electrons. The second kappa shape index (κ2) is 7.17. The van der Waals surface area contributed by atoms with Crippen LogP contribution < -0.4 is 4.90 Å². The Labute approximate surface area is 157 Å². The highest BCUT2D eigenvalue weighted by molar-refractivity contribution is 7.08. The monoisotopic (exact) mass is 369 g/mol. The van der Waals surface area contributed by atoms with E-state index in [-0.39, 0.29) is 0 Å². The molecule has 0 unspecified atom stereocenters. The Morgan fingerprint density at radius 1 is 1.12 bits per heavy atom. The van der Waals surface area contributed by atoms with Gasteiger partial charge in [0.15, 0.2) is 0 Å². The first-order valence-corrected chi connectivity index (χ1v) is 9.81. The minimum absolute atomic E-state index is 0.725. The Kier molecular flexibility index (Phi) is 4.74. The minimum Gasteiger partial charge on any atom is -0.441 e. The van der Waals surface area contributed by atoms with Crippen molar-refractivity contribution in [3.8, 4) is 11.5 Å². The molecule has 0 aliphatic carbocycles. The Morgan fingerprint density at radius 2 is 1.92 bits per heavy atom. The van der Waals surface area contributed by atoms with E-state index >= 15 is 0 Å². The van der Waals surface area contributed by atoms with Crippen molar-refractivity contribution in [2.45, 2.75) is 27.3 Å². The van der Waals surface area contributed by atoms with Crippen molar-refractivity contribution >= 4 is 17.2 Å². The molecule has 0 N–H and O–H groups in total. The number of hydrogen-bond donors (Lipinski definition) is 0. The van der Waals surface area contributed by atoms with E-state index in [2.05, 4.69) is 25.1 Å². The van der Waals surface area contributed by atoms with Gasteiger partial charge in [0.2, 0.25) is 5.89 Å². The summed E-state index contributed by atoms with van der Waals surface area (Å²) in [6, 6.07) is 2.05. The summed E-state index contributed by atoms with van der Waals surface area (Å²) in [5, 5.41) is 4.11.